The summed E-state index contributed by atoms with van der Waals surface area (Å²) in [5.41, 5.74) is 11.1. The Hall–Kier alpha value is -3.41. The molecule has 1 aromatic heterocycles. The van der Waals surface area contributed by atoms with Crippen molar-refractivity contribution < 1.29 is 4.79 Å². The molecule has 4 N–H and O–H groups in total. The Bertz CT molecular complexity index is 1040. The van der Waals surface area contributed by atoms with Crippen molar-refractivity contribution in [3.63, 3.8) is 0 Å². The van der Waals surface area contributed by atoms with E-state index in [4.69, 9.17) is 5.73 Å². The number of benzene rings is 2. The van der Waals surface area contributed by atoms with Crippen molar-refractivity contribution in [3.8, 4) is 11.3 Å². The molecule has 0 spiro atoms. The van der Waals surface area contributed by atoms with E-state index in [2.05, 4.69) is 20.6 Å². The van der Waals surface area contributed by atoms with Crippen molar-refractivity contribution in [1.29, 1.82) is 0 Å². The summed E-state index contributed by atoms with van der Waals surface area (Å²) in [6, 6.07) is 15.4. The highest BCUT2D eigenvalue weighted by molar-refractivity contribution is 5.94. The molecule has 1 aliphatic carbocycles. The summed E-state index contributed by atoms with van der Waals surface area (Å²) in [4.78, 5) is 21.5. The lowest BCUT2D eigenvalue weighted by Crippen LogP contribution is -2.34. The molecular formula is C25H29N5O. The second-order valence-electron chi connectivity index (χ2n) is 8.15. The van der Waals surface area contributed by atoms with E-state index in [1.54, 1.807) is 6.20 Å². The first-order valence-corrected chi connectivity index (χ1v) is 11.0. The lowest BCUT2D eigenvalue weighted by Gasteiger charge is -2.16. The van der Waals surface area contributed by atoms with Crippen LogP contribution in [0.1, 0.15) is 54.4 Å². The van der Waals surface area contributed by atoms with Gasteiger partial charge in [-0.15, -0.1) is 0 Å². The van der Waals surface area contributed by atoms with Gasteiger partial charge in [-0.05, 0) is 61.7 Å². The molecule has 1 amide bonds. The van der Waals surface area contributed by atoms with Crippen LogP contribution in [0.2, 0.25) is 0 Å². The van der Waals surface area contributed by atoms with Gasteiger partial charge in [-0.1, -0.05) is 37.8 Å². The van der Waals surface area contributed by atoms with Gasteiger partial charge in [0.1, 0.15) is 0 Å². The zero-order chi connectivity index (χ0) is 21.6. The number of nitrogens with one attached hydrogen (secondary N) is 2. The fourth-order valence-electron chi connectivity index (χ4n) is 4.03. The topological polar surface area (TPSA) is 92.9 Å². The Balaban J connectivity index is 1.43. The van der Waals surface area contributed by atoms with E-state index in [1.807, 2.05) is 55.5 Å². The molecule has 0 atom stereocenters. The first-order chi connectivity index (χ1) is 15.1. The average molecular weight is 416 g/mol. The minimum atomic E-state index is -0.00570. The largest absolute Gasteiger partial charge is 0.398 e. The lowest BCUT2D eigenvalue weighted by atomic mass is 10.0. The number of aromatic nitrogens is 2. The summed E-state index contributed by atoms with van der Waals surface area (Å²) in [7, 11) is 0. The molecule has 160 valence electrons. The van der Waals surface area contributed by atoms with Gasteiger partial charge in [-0.3, -0.25) is 4.79 Å². The van der Waals surface area contributed by atoms with Crippen LogP contribution in [0.3, 0.4) is 0 Å². The normalized spacial score (nSPS) is 14.6. The lowest BCUT2D eigenvalue weighted by molar-refractivity contribution is 0.0933. The van der Waals surface area contributed by atoms with Crippen LogP contribution >= 0.6 is 0 Å². The van der Waals surface area contributed by atoms with Crippen molar-refractivity contribution in [2.45, 2.75) is 51.5 Å². The highest BCUT2D eigenvalue weighted by atomic mass is 16.1. The Kier molecular flexibility index (Phi) is 6.46. The molecule has 0 saturated heterocycles. The summed E-state index contributed by atoms with van der Waals surface area (Å²) < 4.78 is 0. The van der Waals surface area contributed by atoms with Crippen LogP contribution < -0.4 is 16.4 Å². The van der Waals surface area contributed by atoms with Crippen LogP contribution in [0, 0.1) is 6.92 Å². The van der Waals surface area contributed by atoms with Gasteiger partial charge >= 0.3 is 0 Å². The van der Waals surface area contributed by atoms with E-state index in [0.717, 1.165) is 41.0 Å². The number of hydrogen-bond donors (Lipinski definition) is 3. The second kappa shape index (κ2) is 9.60. The summed E-state index contributed by atoms with van der Waals surface area (Å²) in [5, 5.41) is 6.40. The third-order valence-electron chi connectivity index (χ3n) is 5.90. The predicted octanol–water partition coefficient (Wildman–Crippen LogP) is 5.23. The highest BCUT2D eigenvalue weighted by Gasteiger charge is 2.16. The molecule has 0 unspecified atom stereocenters. The van der Waals surface area contributed by atoms with Crippen molar-refractivity contribution in [2.24, 2.45) is 0 Å². The van der Waals surface area contributed by atoms with E-state index < -0.39 is 0 Å². The zero-order valence-electron chi connectivity index (χ0n) is 17.9. The SMILES string of the molecule is Cc1c(N)cccc1-c1ccnc(Nc2ccc(C(=O)NC3CCCCCC3)cc2)n1. The molecule has 3 aromatic rings. The second-order valence-corrected chi connectivity index (χ2v) is 8.15. The summed E-state index contributed by atoms with van der Waals surface area (Å²) in [6.07, 6.45) is 8.81. The maximum Gasteiger partial charge on any atom is 0.251 e. The average Bonchev–Trinajstić information content (AvgIpc) is 3.05. The highest BCUT2D eigenvalue weighted by Crippen LogP contribution is 2.26. The number of nitrogens with two attached hydrogens (primary N) is 1. The van der Waals surface area contributed by atoms with E-state index >= 15 is 0 Å². The third-order valence-corrected chi connectivity index (χ3v) is 5.90. The van der Waals surface area contributed by atoms with Crippen molar-refractivity contribution in [1.82, 2.24) is 15.3 Å². The molecule has 1 heterocycles. The van der Waals surface area contributed by atoms with Crippen LogP contribution in [0.15, 0.2) is 54.7 Å². The van der Waals surface area contributed by atoms with Crippen LogP contribution in [-0.4, -0.2) is 21.9 Å². The number of hydrogen-bond acceptors (Lipinski definition) is 5. The molecule has 1 saturated carbocycles. The molecule has 4 rings (SSSR count). The molecule has 6 nitrogen and oxygen atoms in total. The van der Waals surface area contributed by atoms with Gasteiger partial charge in [0.2, 0.25) is 5.95 Å². The molecule has 2 aromatic carbocycles. The van der Waals surface area contributed by atoms with Crippen LogP contribution in [0.4, 0.5) is 17.3 Å². The first kappa shape index (κ1) is 20.8. The number of carbonyl (C=O) groups excluding carboxylic acids is 1. The molecule has 6 heteroatoms. The molecule has 0 bridgehead atoms. The number of anilines is 3. The van der Waals surface area contributed by atoms with E-state index in [1.165, 1.54) is 25.7 Å². The van der Waals surface area contributed by atoms with Gasteiger partial charge in [0.25, 0.3) is 5.91 Å². The predicted molar refractivity (Wildman–Crippen MR) is 125 cm³/mol. The van der Waals surface area contributed by atoms with E-state index in [0.29, 0.717) is 17.6 Å². The van der Waals surface area contributed by atoms with Crippen LogP contribution in [0.25, 0.3) is 11.3 Å². The summed E-state index contributed by atoms with van der Waals surface area (Å²) >= 11 is 0. The molecule has 0 radical (unpaired) electrons. The standard InChI is InChI=1S/C25H29N5O/c1-17-21(9-6-10-22(17)26)23-15-16-27-25(30-23)29-20-13-11-18(12-14-20)24(31)28-19-7-4-2-3-5-8-19/h6,9-16,19H,2-5,7-8,26H2,1H3,(H,28,31)(H,27,29,30). The van der Waals surface area contributed by atoms with Gasteiger partial charge in [0.05, 0.1) is 5.69 Å². The quantitative estimate of drug-likeness (QED) is 0.392. The van der Waals surface area contributed by atoms with Crippen molar-refractivity contribution in [3.05, 3.63) is 65.9 Å². The first-order valence-electron chi connectivity index (χ1n) is 11.0. The Morgan fingerprint density at radius 3 is 2.48 bits per heavy atom. The summed E-state index contributed by atoms with van der Waals surface area (Å²) in [6.45, 7) is 1.98. The van der Waals surface area contributed by atoms with Crippen LogP contribution in [0.5, 0.6) is 0 Å². The number of nitrogen functional groups attached to an aromatic ring is 1. The van der Waals surface area contributed by atoms with Gasteiger partial charge in [-0.2, -0.15) is 0 Å². The van der Waals surface area contributed by atoms with Gasteiger partial charge in [0.15, 0.2) is 0 Å². The molecule has 31 heavy (non-hydrogen) atoms. The van der Waals surface area contributed by atoms with E-state index in [9.17, 15) is 4.79 Å². The number of amides is 1. The van der Waals surface area contributed by atoms with Gasteiger partial charge < -0.3 is 16.4 Å². The van der Waals surface area contributed by atoms with Crippen molar-refractivity contribution >= 4 is 23.2 Å². The zero-order valence-corrected chi connectivity index (χ0v) is 17.9. The Labute approximate surface area is 183 Å². The minimum Gasteiger partial charge on any atom is -0.398 e. The summed E-state index contributed by atoms with van der Waals surface area (Å²) in [5.74, 6) is 0.490. The van der Waals surface area contributed by atoms with Gasteiger partial charge in [0, 0.05) is 34.7 Å². The van der Waals surface area contributed by atoms with Gasteiger partial charge in [-0.25, -0.2) is 9.97 Å². The Morgan fingerprint density at radius 1 is 1.00 bits per heavy atom. The number of nitrogens with zero attached hydrogens (tertiary/aromatic N) is 2. The molecule has 1 aliphatic rings. The van der Waals surface area contributed by atoms with Crippen LogP contribution in [-0.2, 0) is 0 Å². The number of rotatable bonds is 5. The maximum absolute atomic E-state index is 12.6. The fourth-order valence-corrected chi connectivity index (χ4v) is 4.03. The fraction of sp³-hybridized carbons (Fsp3) is 0.320. The molecular weight excluding hydrogens is 386 g/mol. The molecule has 0 aliphatic heterocycles. The monoisotopic (exact) mass is 415 g/mol. The Morgan fingerprint density at radius 2 is 1.74 bits per heavy atom. The minimum absolute atomic E-state index is 0.00570. The number of carbonyl (C=O) groups is 1. The molecule has 1 fully saturated rings. The third kappa shape index (κ3) is 5.20. The maximum atomic E-state index is 12.6. The van der Waals surface area contributed by atoms with E-state index in [-0.39, 0.29) is 5.91 Å². The smallest absolute Gasteiger partial charge is 0.251 e. The van der Waals surface area contributed by atoms with Crippen molar-refractivity contribution in [2.75, 3.05) is 11.1 Å².